The first-order chi connectivity index (χ1) is 17.5. The van der Waals surface area contributed by atoms with Crippen molar-refractivity contribution >= 4 is 22.6 Å². The summed E-state index contributed by atoms with van der Waals surface area (Å²) in [6, 6.07) is 5.69. The van der Waals surface area contributed by atoms with Gasteiger partial charge in [-0.25, -0.2) is 23.7 Å². The number of halogens is 2. The number of imidazole rings is 2. The van der Waals surface area contributed by atoms with Gasteiger partial charge in [0.2, 0.25) is 0 Å². The van der Waals surface area contributed by atoms with E-state index in [0.29, 0.717) is 30.8 Å². The third kappa shape index (κ3) is 4.01. The third-order valence-electron chi connectivity index (χ3n) is 6.49. The Balaban J connectivity index is 1.30. The van der Waals surface area contributed by atoms with Crippen LogP contribution in [0.1, 0.15) is 27.6 Å². The average molecular weight is 491 g/mol. The minimum atomic E-state index is -2.41. The van der Waals surface area contributed by atoms with Gasteiger partial charge in [-0.15, -0.1) is 0 Å². The van der Waals surface area contributed by atoms with Gasteiger partial charge in [0.15, 0.2) is 0 Å². The Morgan fingerprint density at radius 1 is 1.19 bits per heavy atom. The second-order valence-electron chi connectivity index (χ2n) is 8.96. The van der Waals surface area contributed by atoms with E-state index in [1.54, 1.807) is 17.3 Å². The molecule has 184 valence electrons. The Bertz CT molecular complexity index is 1580. The number of hydrogen-bond donors (Lipinski definition) is 2. The smallest absolute Gasteiger partial charge is 0.255 e. The van der Waals surface area contributed by atoms with E-state index in [0.717, 1.165) is 39.4 Å². The van der Waals surface area contributed by atoms with Gasteiger partial charge in [-0.05, 0) is 25.1 Å². The summed E-state index contributed by atoms with van der Waals surface area (Å²) in [5, 5.41) is 3.57. The van der Waals surface area contributed by atoms with Crippen LogP contribution in [0.2, 0.25) is 0 Å². The lowest BCUT2D eigenvalue weighted by Gasteiger charge is -2.27. The van der Waals surface area contributed by atoms with Crippen LogP contribution in [0.15, 0.2) is 49.2 Å². The zero-order chi connectivity index (χ0) is 24.8. The van der Waals surface area contributed by atoms with Crippen LogP contribution in [-0.4, -0.2) is 59.2 Å². The number of aromatic amines is 1. The largest absolute Gasteiger partial charge is 0.346 e. The summed E-state index contributed by atoms with van der Waals surface area (Å²) in [6.45, 7) is 3.63. The van der Waals surface area contributed by atoms with Crippen molar-refractivity contribution in [3.05, 3.63) is 72.0 Å². The quantitative estimate of drug-likeness (QED) is 0.380. The maximum absolute atomic E-state index is 13.3. The SMILES string of the molecule is Cc1cn2c(n1)CN(C(=O)c1cnc3[nH]cc(-c4ccc5ncc(CNCC(F)F)n5c4)c3c1)CC2. The summed E-state index contributed by atoms with van der Waals surface area (Å²) in [5.41, 5.74) is 5.42. The van der Waals surface area contributed by atoms with Crippen LogP contribution in [0.3, 0.4) is 0 Å². The predicted octanol–water partition coefficient (Wildman–Crippen LogP) is 3.39. The van der Waals surface area contributed by atoms with Crippen molar-refractivity contribution < 1.29 is 13.6 Å². The molecule has 5 aromatic heterocycles. The summed E-state index contributed by atoms with van der Waals surface area (Å²) in [5.74, 6) is 0.803. The first-order valence-corrected chi connectivity index (χ1v) is 11.7. The molecule has 5 aromatic rings. The molecule has 1 aliphatic rings. The molecule has 9 nitrogen and oxygen atoms in total. The maximum Gasteiger partial charge on any atom is 0.255 e. The molecule has 0 aliphatic carbocycles. The predicted molar refractivity (Wildman–Crippen MR) is 130 cm³/mol. The van der Waals surface area contributed by atoms with Crippen molar-refractivity contribution in [2.75, 3.05) is 13.1 Å². The molecule has 2 N–H and O–H groups in total. The molecule has 1 aliphatic heterocycles. The molecular formula is C25H24F2N8O. The van der Waals surface area contributed by atoms with E-state index >= 15 is 0 Å². The minimum Gasteiger partial charge on any atom is -0.346 e. The van der Waals surface area contributed by atoms with Gasteiger partial charge in [0.1, 0.15) is 17.1 Å². The number of carbonyl (C=O) groups is 1. The van der Waals surface area contributed by atoms with E-state index in [1.807, 2.05) is 48.1 Å². The number of nitrogens with one attached hydrogen (secondary N) is 2. The van der Waals surface area contributed by atoms with E-state index in [2.05, 4.69) is 29.8 Å². The Labute approximate surface area is 204 Å². The highest BCUT2D eigenvalue weighted by atomic mass is 19.3. The third-order valence-corrected chi connectivity index (χ3v) is 6.49. The fourth-order valence-electron chi connectivity index (χ4n) is 4.74. The average Bonchev–Trinajstić information content (AvgIpc) is 3.58. The molecule has 36 heavy (non-hydrogen) atoms. The van der Waals surface area contributed by atoms with Gasteiger partial charge in [-0.2, -0.15) is 0 Å². The molecule has 0 aromatic carbocycles. The first kappa shape index (κ1) is 22.4. The Hall–Kier alpha value is -4.12. The van der Waals surface area contributed by atoms with Crippen LogP contribution >= 0.6 is 0 Å². The van der Waals surface area contributed by atoms with Crippen LogP contribution in [0, 0.1) is 6.92 Å². The highest BCUT2D eigenvalue weighted by Gasteiger charge is 2.24. The van der Waals surface area contributed by atoms with E-state index in [9.17, 15) is 13.6 Å². The lowest BCUT2D eigenvalue weighted by Crippen LogP contribution is -2.38. The van der Waals surface area contributed by atoms with Gasteiger partial charge in [-0.1, -0.05) is 0 Å². The normalized spacial score (nSPS) is 13.7. The number of hydrogen-bond acceptors (Lipinski definition) is 5. The molecule has 0 bridgehead atoms. The maximum atomic E-state index is 13.3. The number of amides is 1. The number of pyridine rings is 2. The molecule has 6 heterocycles. The lowest BCUT2D eigenvalue weighted by molar-refractivity contribution is 0.0707. The van der Waals surface area contributed by atoms with Crippen LogP contribution in [0.4, 0.5) is 8.78 Å². The Morgan fingerprint density at radius 3 is 2.94 bits per heavy atom. The molecule has 1 amide bonds. The summed E-state index contributed by atoms with van der Waals surface area (Å²) in [6.07, 6.45) is 6.66. The van der Waals surface area contributed by atoms with Gasteiger partial charge < -0.3 is 24.2 Å². The number of aryl methyl sites for hydroxylation is 1. The van der Waals surface area contributed by atoms with Crippen molar-refractivity contribution in [2.24, 2.45) is 0 Å². The summed E-state index contributed by atoms with van der Waals surface area (Å²) >= 11 is 0. The van der Waals surface area contributed by atoms with Gasteiger partial charge in [0.05, 0.1) is 36.2 Å². The van der Waals surface area contributed by atoms with Crippen LogP contribution in [0.5, 0.6) is 0 Å². The summed E-state index contributed by atoms with van der Waals surface area (Å²) < 4.78 is 29.0. The second-order valence-corrected chi connectivity index (χ2v) is 8.96. The van der Waals surface area contributed by atoms with Gasteiger partial charge in [-0.3, -0.25) is 4.79 Å². The number of rotatable bonds is 6. The summed E-state index contributed by atoms with van der Waals surface area (Å²) in [4.78, 5) is 31.7. The van der Waals surface area contributed by atoms with Crippen molar-refractivity contribution in [1.82, 2.24) is 39.1 Å². The lowest BCUT2D eigenvalue weighted by atomic mass is 10.1. The number of carbonyl (C=O) groups excluding carboxylic acids is 1. The highest BCUT2D eigenvalue weighted by Crippen LogP contribution is 2.29. The van der Waals surface area contributed by atoms with Crippen molar-refractivity contribution in [1.29, 1.82) is 0 Å². The molecular weight excluding hydrogens is 466 g/mol. The number of H-pyrrole nitrogens is 1. The highest BCUT2D eigenvalue weighted by molar-refractivity contribution is 6.01. The number of nitrogens with zero attached hydrogens (tertiary/aromatic N) is 6. The number of aromatic nitrogens is 6. The van der Waals surface area contributed by atoms with Crippen molar-refractivity contribution in [3.63, 3.8) is 0 Å². The van der Waals surface area contributed by atoms with Crippen LogP contribution < -0.4 is 5.32 Å². The molecule has 0 saturated heterocycles. The van der Waals surface area contributed by atoms with Gasteiger partial charge >= 0.3 is 0 Å². The van der Waals surface area contributed by atoms with Crippen molar-refractivity contribution in [2.45, 2.75) is 33.0 Å². The molecule has 6 rings (SSSR count). The molecule has 0 fully saturated rings. The molecule has 11 heteroatoms. The first-order valence-electron chi connectivity index (χ1n) is 11.7. The summed E-state index contributed by atoms with van der Waals surface area (Å²) in [7, 11) is 0. The van der Waals surface area contributed by atoms with E-state index in [1.165, 1.54) is 0 Å². The Kier molecular flexibility index (Phi) is 5.48. The second kappa shape index (κ2) is 8.83. The molecule has 0 atom stereocenters. The molecule has 0 saturated carbocycles. The zero-order valence-electron chi connectivity index (χ0n) is 19.6. The molecule has 0 radical (unpaired) electrons. The zero-order valence-corrected chi connectivity index (χ0v) is 19.6. The number of fused-ring (bicyclic) bond motifs is 3. The topological polar surface area (TPSA) is 96.1 Å². The fraction of sp³-hybridized carbons (Fsp3) is 0.280. The minimum absolute atomic E-state index is 0.0825. The van der Waals surface area contributed by atoms with Crippen molar-refractivity contribution in [3.8, 4) is 11.1 Å². The molecule has 0 spiro atoms. The van der Waals surface area contributed by atoms with E-state index < -0.39 is 6.43 Å². The van der Waals surface area contributed by atoms with E-state index in [4.69, 9.17) is 0 Å². The standard InChI is InChI=1S/C25H24F2N8O/c1-15-12-33-4-5-34(14-23(33)32-15)25(36)17-6-19-20(10-31-24(19)30-7-17)16-2-3-22-29-9-18(35(22)13-16)8-28-11-21(26)27/h2-3,6-7,9-10,12-13,21,28H,4-5,8,11,14H2,1H3,(H,30,31). The number of alkyl halides is 2. The van der Waals surface area contributed by atoms with Gasteiger partial charge in [0, 0.05) is 60.9 Å². The van der Waals surface area contributed by atoms with Crippen LogP contribution in [-0.2, 0) is 19.6 Å². The fourth-order valence-corrected chi connectivity index (χ4v) is 4.74. The van der Waals surface area contributed by atoms with Crippen LogP contribution in [0.25, 0.3) is 27.8 Å². The monoisotopic (exact) mass is 490 g/mol. The molecule has 0 unspecified atom stereocenters. The van der Waals surface area contributed by atoms with E-state index in [-0.39, 0.29) is 19.0 Å². The van der Waals surface area contributed by atoms with Gasteiger partial charge in [0.25, 0.3) is 12.3 Å². The Morgan fingerprint density at radius 2 is 2.08 bits per heavy atom.